The van der Waals surface area contributed by atoms with Gasteiger partial charge in [-0.05, 0) is 51.4 Å². The van der Waals surface area contributed by atoms with Crippen molar-refractivity contribution in [3.63, 3.8) is 0 Å². The number of piperidine rings is 1. The van der Waals surface area contributed by atoms with Gasteiger partial charge in [0.1, 0.15) is 0 Å². The highest BCUT2D eigenvalue weighted by molar-refractivity contribution is 8.00. The van der Waals surface area contributed by atoms with Gasteiger partial charge in [-0.25, -0.2) is 0 Å². The van der Waals surface area contributed by atoms with Crippen molar-refractivity contribution >= 4 is 23.4 Å². The number of nitrogens with one attached hydrogen (secondary N) is 1. The first-order valence-electron chi connectivity index (χ1n) is 8.76. The molecule has 3 rings (SSSR count). The number of rotatable bonds is 5. The average molecular weight is 359 g/mol. The fraction of sp³-hybridized carbons (Fsp3) is 0.474. The van der Waals surface area contributed by atoms with Crippen LogP contribution in [0.15, 0.2) is 35.4 Å². The Morgan fingerprint density at radius 3 is 2.64 bits per heavy atom. The molecule has 0 radical (unpaired) electrons. The van der Waals surface area contributed by atoms with E-state index in [1.165, 1.54) is 10.5 Å². The minimum Gasteiger partial charge on any atom is -0.322 e. The highest BCUT2D eigenvalue weighted by atomic mass is 32.2. The van der Waals surface area contributed by atoms with Gasteiger partial charge in [0.15, 0.2) is 0 Å². The van der Waals surface area contributed by atoms with Crippen molar-refractivity contribution in [3.8, 4) is 0 Å². The third kappa shape index (κ3) is 4.86. The SMILES string of the molecule is Cc1ccccc1SC1CCN(CC(=O)Nc2cn(C)nc2C)CC1. The molecule has 0 spiro atoms. The summed E-state index contributed by atoms with van der Waals surface area (Å²) in [4.78, 5) is 15.9. The van der Waals surface area contributed by atoms with Crippen LogP contribution in [0.4, 0.5) is 5.69 Å². The predicted molar refractivity (Wildman–Crippen MR) is 103 cm³/mol. The van der Waals surface area contributed by atoms with Crippen molar-refractivity contribution in [2.45, 2.75) is 36.8 Å². The van der Waals surface area contributed by atoms with E-state index in [4.69, 9.17) is 0 Å². The van der Waals surface area contributed by atoms with E-state index < -0.39 is 0 Å². The highest BCUT2D eigenvalue weighted by Crippen LogP contribution is 2.32. The van der Waals surface area contributed by atoms with Gasteiger partial charge in [0.05, 0.1) is 17.9 Å². The summed E-state index contributed by atoms with van der Waals surface area (Å²) in [6.07, 6.45) is 4.09. The first kappa shape index (κ1) is 18.0. The second kappa shape index (κ2) is 8.06. The summed E-state index contributed by atoms with van der Waals surface area (Å²) in [5, 5.41) is 7.86. The van der Waals surface area contributed by atoms with Crippen LogP contribution in [0, 0.1) is 13.8 Å². The smallest absolute Gasteiger partial charge is 0.238 e. The summed E-state index contributed by atoms with van der Waals surface area (Å²) in [7, 11) is 1.86. The molecule has 0 saturated carbocycles. The monoisotopic (exact) mass is 358 g/mol. The lowest BCUT2D eigenvalue weighted by atomic mass is 10.1. The second-order valence-corrected chi connectivity index (χ2v) is 8.05. The molecule has 1 aromatic carbocycles. The number of hydrogen-bond acceptors (Lipinski definition) is 4. The Hall–Kier alpha value is -1.79. The van der Waals surface area contributed by atoms with Gasteiger partial charge in [0, 0.05) is 23.4 Å². The van der Waals surface area contributed by atoms with Crippen LogP contribution in [-0.4, -0.2) is 45.5 Å². The molecule has 0 unspecified atom stereocenters. The minimum absolute atomic E-state index is 0.0427. The number of likely N-dealkylation sites (tertiary alicyclic amines) is 1. The number of hydrogen-bond donors (Lipinski definition) is 1. The number of aromatic nitrogens is 2. The summed E-state index contributed by atoms with van der Waals surface area (Å²) in [6, 6.07) is 8.57. The van der Waals surface area contributed by atoms with Crippen molar-refractivity contribution in [2.75, 3.05) is 25.0 Å². The lowest BCUT2D eigenvalue weighted by molar-refractivity contribution is -0.117. The maximum atomic E-state index is 12.3. The fourth-order valence-corrected chi connectivity index (χ4v) is 4.39. The molecule has 0 atom stereocenters. The Morgan fingerprint density at radius 1 is 1.28 bits per heavy atom. The molecule has 1 aliphatic heterocycles. The fourth-order valence-electron chi connectivity index (χ4n) is 3.17. The van der Waals surface area contributed by atoms with Crippen molar-refractivity contribution < 1.29 is 4.79 Å². The molecule has 1 fully saturated rings. The third-order valence-electron chi connectivity index (χ3n) is 4.58. The summed E-state index contributed by atoms with van der Waals surface area (Å²) in [6.45, 7) is 6.48. The molecule has 1 saturated heterocycles. The molecule has 0 aliphatic carbocycles. The molecule has 1 aliphatic rings. The summed E-state index contributed by atoms with van der Waals surface area (Å²) in [5.41, 5.74) is 3.00. The van der Waals surface area contributed by atoms with Crippen LogP contribution in [0.3, 0.4) is 0 Å². The summed E-state index contributed by atoms with van der Waals surface area (Å²) in [5.74, 6) is 0.0427. The van der Waals surface area contributed by atoms with Crippen molar-refractivity contribution in [3.05, 3.63) is 41.7 Å². The van der Waals surface area contributed by atoms with Gasteiger partial charge in [-0.3, -0.25) is 14.4 Å². The molecule has 1 amide bonds. The number of amides is 1. The lowest BCUT2D eigenvalue weighted by Gasteiger charge is -2.31. The van der Waals surface area contributed by atoms with Gasteiger partial charge in [0.25, 0.3) is 0 Å². The van der Waals surface area contributed by atoms with Crippen LogP contribution >= 0.6 is 11.8 Å². The normalized spacial score (nSPS) is 16.1. The molecule has 6 heteroatoms. The van der Waals surface area contributed by atoms with E-state index in [1.54, 1.807) is 4.68 Å². The molecule has 25 heavy (non-hydrogen) atoms. The molecule has 2 heterocycles. The Morgan fingerprint density at radius 2 is 2.00 bits per heavy atom. The van der Waals surface area contributed by atoms with Gasteiger partial charge in [-0.2, -0.15) is 5.10 Å². The van der Waals surface area contributed by atoms with E-state index in [9.17, 15) is 4.79 Å². The van der Waals surface area contributed by atoms with Gasteiger partial charge in [-0.1, -0.05) is 18.2 Å². The Labute approximate surface area is 153 Å². The number of nitrogens with zero attached hydrogens (tertiary/aromatic N) is 3. The molecule has 5 nitrogen and oxygen atoms in total. The minimum atomic E-state index is 0.0427. The van der Waals surface area contributed by atoms with Crippen LogP contribution in [-0.2, 0) is 11.8 Å². The number of thioether (sulfide) groups is 1. The molecule has 0 bridgehead atoms. The number of benzene rings is 1. The Bertz CT molecular complexity index is 735. The van der Waals surface area contributed by atoms with Crippen LogP contribution in [0.25, 0.3) is 0 Å². The van der Waals surface area contributed by atoms with Gasteiger partial charge in [-0.15, -0.1) is 11.8 Å². The number of aryl methyl sites for hydroxylation is 3. The molecular weight excluding hydrogens is 332 g/mol. The Balaban J connectivity index is 1.45. The molecule has 2 aromatic rings. The average Bonchev–Trinajstić information content (AvgIpc) is 2.88. The van der Waals surface area contributed by atoms with Crippen LogP contribution in [0.1, 0.15) is 24.1 Å². The number of anilines is 1. The largest absolute Gasteiger partial charge is 0.322 e. The van der Waals surface area contributed by atoms with E-state index in [0.717, 1.165) is 37.3 Å². The van der Waals surface area contributed by atoms with E-state index in [2.05, 4.69) is 46.5 Å². The molecule has 1 N–H and O–H groups in total. The Kier molecular flexibility index (Phi) is 5.81. The summed E-state index contributed by atoms with van der Waals surface area (Å²) < 4.78 is 1.72. The van der Waals surface area contributed by atoms with Crippen LogP contribution in [0.2, 0.25) is 0 Å². The standard InChI is InChI=1S/C19H26N4OS/c1-14-6-4-5-7-18(14)25-16-8-10-23(11-9-16)13-19(24)20-17-12-22(3)21-15(17)2/h4-7,12,16H,8-11,13H2,1-3H3,(H,20,24). The van der Waals surface area contributed by atoms with E-state index in [-0.39, 0.29) is 5.91 Å². The number of carbonyl (C=O) groups is 1. The zero-order chi connectivity index (χ0) is 17.8. The maximum Gasteiger partial charge on any atom is 0.238 e. The first-order valence-corrected chi connectivity index (χ1v) is 9.64. The summed E-state index contributed by atoms with van der Waals surface area (Å²) >= 11 is 1.98. The highest BCUT2D eigenvalue weighted by Gasteiger charge is 2.22. The first-order chi connectivity index (χ1) is 12.0. The van der Waals surface area contributed by atoms with Crippen LogP contribution in [0.5, 0.6) is 0 Å². The zero-order valence-corrected chi connectivity index (χ0v) is 16.0. The van der Waals surface area contributed by atoms with E-state index in [0.29, 0.717) is 11.8 Å². The van der Waals surface area contributed by atoms with Gasteiger partial charge in [0.2, 0.25) is 5.91 Å². The molecule has 134 valence electrons. The molecular formula is C19H26N4OS. The molecule has 1 aromatic heterocycles. The number of carbonyl (C=O) groups excluding carboxylic acids is 1. The second-order valence-electron chi connectivity index (χ2n) is 6.71. The van der Waals surface area contributed by atoms with Crippen LogP contribution < -0.4 is 5.32 Å². The van der Waals surface area contributed by atoms with Crippen molar-refractivity contribution in [1.82, 2.24) is 14.7 Å². The van der Waals surface area contributed by atoms with Gasteiger partial charge >= 0.3 is 0 Å². The maximum absolute atomic E-state index is 12.3. The van der Waals surface area contributed by atoms with Crippen molar-refractivity contribution in [1.29, 1.82) is 0 Å². The van der Waals surface area contributed by atoms with Crippen molar-refractivity contribution in [2.24, 2.45) is 7.05 Å². The topological polar surface area (TPSA) is 50.2 Å². The van der Waals surface area contributed by atoms with E-state index in [1.807, 2.05) is 31.9 Å². The van der Waals surface area contributed by atoms with Gasteiger partial charge < -0.3 is 5.32 Å². The zero-order valence-electron chi connectivity index (χ0n) is 15.2. The predicted octanol–water partition coefficient (Wildman–Crippen LogP) is 3.23. The third-order valence-corrected chi connectivity index (χ3v) is 6.09. The lowest BCUT2D eigenvalue weighted by Crippen LogP contribution is -2.40. The van der Waals surface area contributed by atoms with E-state index >= 15 is 0 Å². The quantitative estimate of drug-likeness (QED) is 0.891.